The normalized spacial score (nSPS) is 11.1. The van der Waals surface area contributed by atoms with Gasteiger partial charge in [-0.1, -0.05) is 0 Å². The molecule has 2 rings (SSSR count). The van der Waals surface area contributed by atoms with Crippen molar-refractivity contribution >= 4 is 15.7 Å². The summed E-state index contributed by atoms with van der Waals surface area (Å²) in [6.07, 6.45) is 1.63. The van der Waals surface area contributed by atoms with E-state index in [4.69, 9.17) is 11.0 Å². The van der Waals surface area contributed by atoms with Crippen LogP contribution in [0.3, 0.4) is 0 Å². The van der Waals surface area contributed by atoms with Crippen LogP contribution in [0.4, 0.5) is 5.82 Å². The van der Waals surface area contributed by atoms with Gasteiger partial charge in [0.25, 0.3) is 0 Å². The lowest BCUT2D eigenvalue weighted by molar-refractivity contribution is 0.581. The quantitative estimate of drug-likeness (QED) is 0.890. The third-order valence-corrected chi connectivity index (χ3v) is 4.30. The first-order valence-electron chi connectivity index (χ1n) is 5.53. The Kier molecular flexibility index (Phi) is 3.53. The molecule has 2 N–H and O–H groups in total. The average Bonchev–Trinajstić information content (AvgIpc) is 2.82. The molecule has 0 fully saturated rings. The second-order valence-electron chi connectivity index (χ2n) is 3.96. The van der Waals surface area contributed by atoms with Crippen LogP contribution in [0.1, 0.15) is 5.56 Å². The Morgan fingerprint density at radius 2 is 1.95 bits per heavy atom. The zero-order chi connectivity index (χ0) is 13.9. The number of nitriles is 1. The van der Waals surface area contributed by atoms with Crippen molar-refractivity contribution in [2.75, 3.05) is 11.5 Å². The van der Waals surface area contributed by atoms with Crippen molar-refractivity contribution in [3.05, 3.63) is 42.1 Å². The first-order chi connectivity index (χ1) is 9.01. The number of anilines is 1. The van der Waals surface area contributed by atoms with Gasteiger partial charge in [0.2, 0.25) is 0 Å². The van der Waals surface area contributed by atoms with Crippen molar-refractivity contribution in [3.8, 4) is 6.07 Å². The van der Waals surface area contributed by atoms with Crippen molar-refractivity contribution in [2.24, 2.45) is 0 Å². The van der Waals surface area contributed by atoms with Crippen LogP contribution in [0.2, 0.25) is 0 Å². The van der Waals surface area contributed by atoms with E-state index in [1.165, 1.54) is 28.9 Å². The average molecular weight is 276 g/mol. The minimum atomic E-state index is -3.39. The van der Waals surface area contributed by atoms with E-state index in [0.29, 0.717) is 11.4 Å². The number of aryl methyl sites for hydroxylation is 1. The molecule has 7 heteroatoms. The molecule has 19 heavy (non-hydrogen) atoms. The van der Waals surface area contributed by atoms with Crippen LogP contribution in [-0.4, -0.2) is 24.0 Å². The third-order valence-electron chi connectivity index (χ3n) is 2.59. The highest BCUT2D eigenvalue weighted by Crippen LogP contribution is 2.12. The van der Waals surface area contributed by atoms with E-state index >= 15 is 0 Å². The van der Waals surface area contributed by atoms with Crippen LogP contribution in [0.25, 0.3) is 0 Å². The fourth-order valence-electron chi connectivity index (χ4n) is 1.57. The van der Waals surface area contributed by atoms with Gasteiger partial charge in [-0.3, -0.25) is 4.68 Å². The fourth-order valence-corrected chi connectivity index (χ4v) is 2.78. The molecule has 0 aliphatic heterocycles. The summed E-state index contributed by atoms with van der Waals surface area (Å²) in [5.74, 6) is 0.288. The maximum atomic E-state index is 12.1. The van der Waals surface area contributed by atoms with Crippen LogP contribution >= 0.6 is 0 Å². The highest BCUT2D eigenvalue weighted by molar-refractivity contribution is 7.91. The first kappa shape index (κ1) is 13.1. The Balaban J connectivity index is 2.11. The van der Waals surface area contributed by atoms with E-state index in [1.54, 1.807) is 12.3 Å². The molecule has 98 valence electrons. The number of nitrogens with two attached hydrogens (primary N) is 1. The zero-order valence-corrected chi connectivity index (χ0v) is 10.8. The van der Waals surface area contributed by atoms with Crippen LogP contribution < -0.4 is 5.73 Å². The summed E-state index contributed by atoms with van der Waals surface area (Å²) < 4.78 is 25.6. The molecule has 0 spiro atoms. The lowest BCUT2D eigenvalue weighted by Crippen LogP contribution is -2.13. The summed E-state index contributed by atoms with van der Waals surface area (Å²) >= 11 is 0. The molecule has 0 aliphatic rings. The molecule has 0 aliphatic carbocycles. The Bertz CT molecular complexity index is 711. The Labute approximate surface area is 111 Å². The van der Waals surface area contributed by atoms with E-state index in [1.807, 2.05) is 6.07 Å². The maximum Gasteiger partial charge on any atom is 0.180 e. The summed E-state index contributed by atoms with van der Waals surface area (Å²) in [5, 5.41) is 12.6. The molecular weight excluding hydrogens is 264 g/mol. The van der Waals surface area contributed by atoms with Gasteiger partial charge >= 0.3 is 0 Å². The molecule has 1 aromatic heterocycles. The molecule has 0 saturated carbocycles. The van der Waals surface area contributed by atoms with E-state index in [-0.39, 0.29) is 17.2 Å². The molecule has 0 atom stereocenters. The highest BCUT2D eigenvalue weighted by atomic mass is 32.2. The minimum absolute atomic E-state index is 0.0694. The Morgan fingerprint density at radius 1 is 1.26 bits per heavy atom. The second kappa shape index (κ2) is 5.12. The topological polar surface area (TPSA) is 102 Å². The predicted octanol–water partition coefficient (Wildman–Crippen LogP) is 0.811. The smallest absolute Gasteiger partial charge is 0.180 e. The molecule has 2 aromatic rings. The molecule has 0 unspecified atom stereocenters. The maximum absolute atomic E-state index is 12.1. The SMILES string of the molecule is N#Cc1ccc(S(=O)(=O)CCn2ccc(N)n2)cc1. The van der Waals surface area contributed by atoms with E-state index in [0.717, 1.165) is 0 Å². The zero-order valence-electron chi connectivity index (χ0n) is 10.0. The molecule has 1 aromatic carbocycles. The number of nitrogens with zero attached hydrogens (tertiary/aromatic N) is 3. The van der Waals surface area contributed by atoms with E-state index in [9.17, 15) is 8.42 Å². The molecular formula is C12H12N4O2S. The third kappa shape index (κ3) is 3.11. The lowest BCUT2D eigenvalue weighted by Gasteiger charge is -2.04. The van der Waals surface area contributed by atoms with Gasteiger partial charge in [-0.15, -0.1) is 0 Å². The van der Waals surface area contributed by atoms with Crippen LogP contribution in [0, 0.1) is 11.3 Å². The van der Waals surface area contributed by atoms with Crippen molar-refractivity contribution in [3.63, 3.8) is 0 Å². The van der Waals surface area contributed by atoms with E-state index < -0.39 is 9.84 Å². The summed E-state index contributed by atoms with van der Waals surface area (Å²) in [6, 6.07) is 9.39. The summed E-state index contributed by atoms with van der Waals surface area (Å²) in [6.45, 7) is 0.236. The molecule has 1 heterocycles. The van der Waals surface area contributed by atoms with Gasteiger partial charge in [-0.25, -0.2) is 8.42 Å². The van der Waals surface area contributed by atoms with Crippen LogP contribution in [-0.2, 0) is 16.4 Å². The number of benzene rings is 1. The molecule has 0 radical (unpaired) electrons. The minimum Gasteiger partial charge on any atom is -0.382 e. The van der Waals surface area contributed by atoms with Gasteiger partial charge in [0, 0.05) is 6.20 Å². The summed E-state index contributed by atoms with van der Waals surface area (Å²) in [4.78, 5) is 0.201. The molecule has 6 nitrogen and oxygen atoms in total. The number of hydrogen-bond acceptors (Lipinski definition) is 5. The summed E-state index contributed by atoms with van der Waals surface area (Å²) in [5.41, 5.74) is 5.88. The Morgan fingerprint density at radius 3 is 2.47 bits per heavy atom. The number of rotatable bonds is 4. The second-order valence-corrected chi connectivity index (χ2v) is 6.07. The highest BCUT2D eigenvalue weighted by Gasteiger charge is 2.14. The van der Waals surface area contributed by atoms with Gasteiger partial charge in [0.15, 0.2) is 9.84 Å². The van der Waals surface area contributed by atoms with Crippen molar-refractivity contribution in [2.45, 2.75) is 11.4 Å². The van der Waals surface area contributed by atoms with Crippen LogP contribution in [0.5, 0.6) is 0 Å². The summed E-state index contributed by atoms with van der Waals surface area (Å²) in [7, 11) is -3.39. The van der Waals surface area contributed by atoms with Crippen molar-refractivity contribution < 1.29 is 8.42 Å². The molecule has 0 amide bonds. The van der Waals surface area contributed by atoms with Gasteiger partial charge < -0.3 is 5.73 Å². The predicted molar refractivity (Wildman–Crippen MR) is 69.8 cm³/mol. The fraction of sp³-hybridized carbons (Fsp3) is 0.167. The monoisotopic (exact) mass is 276 g/mol. The molecule has 0 saturated heterocycles. The first-order valence-corrected chi connectivity index (χ1v) is 7.18. The number of nitrogen functional groups attached to an aromatic ring is 1. The van der Waals surface area contributed by atoms with Crippen molar-refractivity contribution in [1.29, 1.82) is 5.26 Å². The largest absolute Gasteiger partial charge is 0.382 e. The standard InChI is InChI=1S/C12H12N4O2S/c13-9-10-1-3-11(4-2-10)19(17,18)8-7-16-6-5-12(14)15-16/h1-6H,7-8H2,(H2,14,15). The van der Waals surface area contributed by atoms with Gasteiger partial charge in [0.05, 0.1) is 28.8 Å². The van der Waals surface area contributed by atoms with Gasteiger partial charge in [-0.2, -0.15) is 10.4 Å². The van der Waals surface area contributed by atoms with Crippen LogP contribution in [0.15, 0.2) is 41.4 Å². The lowest BCUT2D eigenvalue weighted by atomic mass is 10.2. The molecule has 0 bridgehead atoms. The van der Waals surface area contributed by atoms with Gasteiger partial charge in [0.1, 0.15) is 5.82 Å². The number of hydrogen-bond donors (Lipinski definition) is 1. The van der Waals surface area contributed by atoms with Crippen molar-refractivity contribution in [1.82, 2.24) is 9.78 Å². The number of sulfone groups is 1. The van der Waals surface area contributed by atoms with E-state index in [2.05, 4.69) is 5.10 Å². The van der Waals surface area contributed by atoms with Gasteiger partial charge in [-0.05, 0) is 30.3 Å². The number of aromatic nitrogens is 2. The Hall–Kier alpha value is -2.33.